The van der Waals surface area contributed by atoms with Gasteiger partial charge in [-0.3, -0.25) is 9.36 Å². The van der Waals surface area contributed by atoms with Crippen molar-refractivity contribution in [2.45, 2.75) is 25.9 Å². The van der Waals surface area contributed by atoms with Crippen molar-refractivity contribution in [2.75, 3.05) is 6.54 Å². The highest BCUT2D eigenvalue weighted by atomic mass is 32.1. The summed E-state index contributed by atoms with van der Waals surface area (Å²) in [6.45, 7) is 3.42. The maximum absolute atomic E-state index is 13.8. The Labute approximate surface area is 147 Å². The third-order valence-electron chi connectivity index (χ3n) is 4.61. The van der Waals surface area contributed by atoms with Gasteiger partial charge in [-0.1, -0.05) is 0 Å². The summed E-state index contributed by atoms with van der Waals surface area (Å²) >= 11 is 1.55. The highest BCUT2D eigenvalue weighted by molar-refractivity contribution is 7.18. The van der Waals surface area contributed by atoms with E-state index in [9.17, 15) is 9.18 Å². The topological polar surface area (TPSA) is 70.7 Å². The average molecular weight is 354 g/mol. The zero-order valence-corrected chi connectivity index (χ0v) is 14.4. The molecule has 3 aromatic rings. The van der Waals surface area contributed by atoms with Crippen LogP contribution in [0.5, 0.6) is 0 Å². The first-order valence-electron chi connectivity index (χ1n) is 8.01. The number of halogens is 1. The molecule has 126 valence electrons. The second kappa shape index (κ2) is 6.06. The fourth-order valence-corrected chi connectivity index (χ4v) is 4.43. The first-order chi connectivity index (χ1) is 12.1. The molecule has 1 aliphatic rings. The summed E-state index contributed by atoms with van der Waals surface area (Å²) < 4.78 is 15.3. The van der Waals surface area contributed by atoms with E-state index < -0.39 is 11.9 Å². The predicted molar refractivity (Wildman–Crippen MR) is 94.2 cm³/mol. The lowest BCUT2D eigenvalue weighted by Gasteiger charge is -2.16. The minimum absolute atomic E-state index is 0.111. The maximum Gasteiger partial charge on any atom is 0.262 e. The Morgan fingerprint density at radius 3 is 3.08 bits per heavy atom. The van der Waals surface area contributed by atoms with E-state index in [0.29, 0.717) is 10.9 Å². The normalized spacial score (nSPS) is 14.9. The summed E-state index contributed by atoms with van der Waals surface area (Å²) in [6, 6.07) is 5.68. The molecule has 0 bridgehead atoms. The van der Waals surface area contributed by atoms with Crippen LogP contribution in [0.2, 0.25) is 0 Å². The third-order valence-corrected chi connectivity index (χ3v) is 5.75. The lowest BCUT2D eigenvalue weighted by Crippen LogP contribution is -2.26. The lowest BCUT2D eigenvalue weighted by atomic mass is 10.0. The van der Waals surface area contributed by atoms with E-state index in [1.165, 1.54) is 23.0 Å². The second-order valence-electron chi connectivity index (χ2n) is 6.13. The fourth-order valence-electron chi connectivity index (χ4n) is 3.28. The maximum atomic E-state index is 13.8. The molecule has 0 fully saturated rings. The van der Waals surface area contributed by atoms with Crippen molar-refractivity contribution in [1.29, 1.82) is 5.26 Å². The molecular formula is C18H15FN4OS. The number of nitrogens with one attached hydrogen (secondary N) is 1. The summed E-state index contributed by atoms with van der Waals surface area (Å²) in [4.78, 5) is 19.4. The molecule has 25 heavy (non-hydrogen) atoms. The Morgan fingerprint density at radius 2 is 2.28 bits per heavy atom. The Morgan fingerprint density at radius 1 is 1.44 bits per heavy atom. The molecule has 1 atom stereocenters. The summed E-state index contributed by atoms with van der Waals surface area (Å²) in [6.07, 6.45) is 2.32. The number of rotatable bonds is 2. The van der Waals surface area contributed by atoms with Gasteiger partial charge in [0.25, 0.3) is 5.56 Å². The number of nitrogens with zero attached hydrogens (tertiary/aromatic N) is 3. The Hall–Kier alpha value is -2.56. The van der Waals surface area contributed by atoms with Crippen LogP contribution in [0.4, 0.5) is 4.39 Å². The van der Waals surface area contributed by atoms with Gasteiger partial charge in [-0.15, -0.1) is 11.3 Å². The number of hydrogen-bond donors (Lipinski definition) is 1. The van der Waals surface area contributed by atoms with Gasteiger partial charge in [0.15, 0.2) is 0 Å². The van der Waals surface area contributed by atoms with E-state index in [2.05, 4.69) is 10.3 Å². The number of hydrogen-bond acceptors (Lipinski definition) is 5. The number of aromatic nitrogens is 2. The van der Waals surface area contributed by atoms with Crippen LogP contribution in [0.15, 0.2) is 29.3 Å². The number of thiophene rings is 1. The van der Waals surface area contributed by atoms with Gasteiger partial charge in [0.05, 0.1) is 29.4 Å². The van der Waals surface area contributed by atoms with E-state index in [0.717, 1.165) is 34.8 Å². The van der Waals surface area contributed by atoms with Crippen LogP contribution in [-0.2, 0) is 13.0 Å². The fraction of sp³-hybridized carbons (Fsp3) is 0.278. The van der Waals surface area contributed by atoms with E-state index in [-0.39, 0.29) is 11.1 Å². The zero-order chi connectivity index (χ0) is 17.6. The van der Waals surface area contributed by atoms with Crippen LogP contribution >= 0.6 is 11.3 Å². The van der Waals surface area contributed by atoms with Gasteiger partial charge in [-0.25, -0.2) is 9.37 Å². The van der Waals surface area contributed by atoms with Crippen LogP contribution in [0, 0.1) is 17.1 Å². The van der Waals surface area contributed by atoms with Gasteiger partial charge in [0.2, 0.25) is 0 Å². The van der Waals surface area contributed by atoms with Crippen molar-refractivity contribution in [3.8, 4) is 6.07 Å². The van der Waals surface area contributed by atoms with Crippen LogP contribution in [0.1, 0.15) is 34.5 Å². The quantitative estimate of drug-likeness (QED) is 0.768. The highest BCUT2D eigenvalue weighted by Gasteiger charge is 2.21. The van der Waals surface area contributed by atoms with Gasteiger partial charge >= 0.3 is 0 Å². The smallest absolute Gasteiger partial charge is 0.262 e. The van der Waals surface area contributed by atoms with Gasteiger partial charge in [0, 0.05) is 11.4 Å². The second-order valence-corrected chi connectivity index (χ2v) is 7.21. The van der Waals surface area contributed by atoms with Crippen molar-refractivity contribution >= 4 is 21.6 Å². The molecule has 4 rings (SSSR count). The summed E-state index contributed by atoms with van der Waals surface area (Å²) in [5, 5.41) is 13.0. The molecule has 1 aromatic carbocycles. The standard InChI is InChI=1S/C18H15FN4OS/c1-10(12-4-11(7-20)5-13(19)6-12)23-9-22-17-16(18(23)24)14-2-3-21-8-15(14)25-17/h4-6,9-10,21H,2-3,8H2,1H3/t10-/m1/s1. The largest absolute Gasteiger partial charge is 0.312 e. The van der Waals surface area contributed by atoms with Crippen molar-refractivity contribution in [3.05, 3.63) is 62.3 Å². The number of nitriles is 1. The van der Waals surface area contributed by atoms with Crippen molar-refractivity contribution in [3.63, 3.8) is 0 Å². The van der Waals surface area contributed by atoms with Gasteiger partial charge in [-0.05, 0) is 49.2 Å². The van der Waals surface area contributed by atoms with E-state index in [4.69, 9.17) is 5.26 Å². The van der Waals surface area contributed by atoms with Crippen LogP contribution in [0.3, 0.4) is 0 Å². The molecule has 1 N–H and O–H groups in total. The lowest BCUT2D eigenvalue weighted by molar-refractivity contribution is 0.589. The highest BCUT2D eigenvalue weighted by Crippen LogP contribution is 2.30. The number of fused-ring (bicyclic) bond motifs is 3. The summed E-state index contributed by atoms with van der Waals surface area (Å²) in [5.41, 5.74) is 1.78. The van der Waals surface area contributed by atoms with Crippen molar-refractivity contribution in [2.24, 2.45) is 0 Å². The van der Waals surface area contributed by atoms with Gasteiger partial charge < -0.3 is 5.32 Å². The number of benzene rings is 1. The molecule has 5 nitrogen and oxygen atoms in total. The summed E-state index contributed by atoms with van der Waals surface area (Å²) in [7, 11) is 0. The average Bonchev–Trinajstić information content (AvgIpc) is 3.00. The molecule has 1 aliphatic heterocycles. The predicted octanol–water partition coefficient (Wildman–Crippen LogP) is 2.72. The van der Waals surface area contributed by atoms with Crippen molar-refractivity contribution < 1.29 is 4.39 Å². The van der Waals surface area contributed by atoms with Crippen LogP contribution in [-0.4, -0.2) is 16.1 Å². The molecule has 0 radical (unpaired) electrons. The molecule has 2 aromatic heterocycles. The molecule has 0 aliphatic carbocycles. The molecule has 0 unspecified atom stereocenters. The first kappa shape index (κ1) is 15.9. The minimum atomic E-state index is -0.484. The summed E-state index contributed by atoms with van der Waals surface area (Å²) in [5.74, 6) is -0.484. The van der Waals surface area contributed by atoms with E-state index >= 15 is 0 Å². The molecule has 3 heterocycles. The molecular weight excluding hydrogens is 339 g/mol. The van der Waals surface area contributed by atoms with Crippen molar-refractivity contribution in [1.82, 2.24) is 14.9 Å². The van der Waals surface area contributed by atoms with Gasteiger partial charge in [-0.2, -0.15) is 5.26 Å². The molecule has 0 spiro atoms. The molecule has 0 saturated heterocycles. The first-order valence-corrected chi connectivity index (χ1v) is 8.83. The third kappa shape index (κ3) is 2.64. The minimum Gasteiger partial charge on any atom is -0.312 e. The molecule has 0 saturated carbocycles. The SMILES string of the molecule is C[C@H](c1cc(F)cc(C#N)c1)n1cnc2sc3c(c2c1=O)CCNC3. The zero-order valence-electron chi connectivity index (χ0n) is 13.5. The van der Waals surface area contributed by atoms with E-state index in [1.54, 1.807) is 17.4 Å². The van der Waals surface area contributed by atoms with E-state index in [1.807, 2.05) is 13.0 Å². The molecule has 0 amide bonds. The molecule has 7 heteroatoms. The monoisotopic (exact) mass is 354 g/mol. The van der Waals surface area contributed by atoms with Crippen LogP contribution < -0.4 is 10.9 Å². The van der Waals surface area contributed by atoms with Gasteiger partial charge in [0.1, 0.15) is 10.6 Å². The Bertz CT molecular complexity index is 1080. The van der Waals surface area contributed by atoms with Crippen LogP contribution in [0.25, 0.3) is 10.2 Å². The Kier molecular flexibility index (Phi) is 3.86. The Balaban J connectivity index is 1.87.